The van der Waals surface area contributed by atoms with E-state index in [1.807, 2.05) is 47.4 Å². The molecule has 0 saturated carbocycles. The molecule has 2 heterocycles. The summed E-state index contributed by atoms with van der Waals surface area (Å²) < 4.78 is 35.9. The highest BCUT2D eigenvalue weighted by Gasteiger charge is 2.24. The van der Waals surface area contributed by atoms with Crippen molar-refractivity contribution in [1.29, 1.82) is 0 Å². The maximum atomic E-state index is 13.1. The average Bonchev–Trinajstić information content (AvgIpc) is 2.82. The SMILES string of the molecule is O=S(=O)(F)N1CCCN(c2ccc(-c3ccccc3)nn2)CC1. The predicted molar refractivity (Wildman–Crippen MR) is 85.9 cm³/mol. The number of benzene rings is 1. The van der Waals surface area contributed by atoms with Crippen molar-refractivity contribution in [1.82, 2.24) is 14.5 Å². The lowest BCUT2D eigenvalue weighted by Crippen LogP contribution is -2.33. The number of halogens is 1. The van der Waals surface area contributed by atoms with E-state index in [-0.39, 0.29) is 13.1 Å². The molecule has 0 unspecified atom stereocenters. The van der Waals surface area contributed by atoms with Crippen molar-refractivity contribution < 1.29 is 12.3 Å². The molecule has 1 aliphatic rings. The Balaban J connectivity index is 1.73. The summed E-state index contributed by atoms with van der Waals surface area (Å²) in [5.41, 5.74) is 1.76. The Morgan fingerprint density at radius 1 is 0.913 bits per heavy atom. The highest BCUT2D eigenvalue weighted by Crippen LogP contribution is 2.19. The van der Waals surface area contributed by atoms with Gasteiger partial charge in [0.1, 0.15) is 0 Å². The topological polar surface area (TPSA) is 66.4 Å². The fraction of sp³-hybridized carbons (Fsp3) is 0.333. The smallest absolute Gasteiger partial charge is 0.354 e. The van der Waals surface area contributed by atoms with Crippen LogP contribution in [0.25, 0.3) is 11.3 Å². The summed E-state index contributed by atoms with van der Waals surface area (Å²) in [5.74, 6) is 0.669. The summed E-state index contributed by atoms with van der Waals surface area (Å²) in [4.78, 5) is 1.92. The first-order chi connectivity index (χ1) is 11.0. The molecule has 1 saturated heterocycles. The van der Waals surface area contributed by atoms with Gasteiger partial charge >= 0.3 is 10.4 Å². The van der Waals surface area contributed by atoms with Crippen LogP contribution in [0.15, 0.2) is 42.5 Å². The summed E-state index contributed by atoms with van der Waals surface area (Å²) in [6, 6.07) is 13.5. The van der Waals surface area contributed by atoms with Crippen LogP contribution >= 0.6 is 0 Å². The van der Waals surface area contributed by atoms with Gasteiger partial charge in [-0.15, -0.1) is 10.2 Å². The molecule has 1 aliphatic heterocycles. The molecule has 6 nitrogen and oxygen atoms in total. The molecule has 8 heteroatoms. The van der Waals surface area contributed by atoms with Gasteiger partial charge in [0.05, 0.1) is 5.69 Å². The molecule has 2 aromatic rings. The second-order valence-corrected chi connectivity index (χ2v) is 6.67. The van der Waals surface area contributed by atoms with Crippen LogP contribution < -0.4 is 4.90 Å². The molecule has 1 aromatic carbocycles. The minimum atomic E-state index is -4.63. The van der Waals surface area contributed by atoms with Crippen molar-refractivity contribution in [2.75, 3.05) is 31.1 Å². The van der Waals surface area contributed by atoms with Crippen LogP contribution in [0, 0.1) is 0 Å². The molecule has 122 valence electrons. The number of aromatic nitrogens is 2. The summed E-state index contributed by atoms with van der Waals surface area (Å²) in [5, 5.41) is 8.45. The molecule has 0 N–H and O–H groups in total. The average molecular weight is 336 g/mol. The van der Waals surface area contributed by atoms with Crippen molar-refractivity contribution >= 4 is 16.2 Å². The number of rotatable bonds is 3. The standard InChI is InChI=1S/C15H17FN4O2S/c16-23(21,22)20-10-4-9-19(11-12-20)15-8-7-14(17-18-15)13-5-2-1-3-6-13/h1-3,5-8H,4,9-12H2. The number of nitrogens with zero attached hydrogens (tertiary/aromatic N) is 4. The first-order valence-electron chi connectivity index (χ1n) is 7.38. The van der Waals surface area contributed by atoms with Gasteiger partial charge in [0.15, 0.2) is 5.82 Å². The van der Waals surface area contributed by atoms with Crippen LogP contribution in [0.1, 0.15) is 6.42 Å². The van der Waals surface area contributed by atoms with Gasteiger partial charge in [-0.1, -0.05) is 34.2 Å². The third-order valence-electron chi connectivity index (χ3n) is 3.81. The summed E-state index contributed by atoms with van der Waals surface area (Å²) in [6.07, 6.45) is 0.547. The maximum absolute atomic E-state index is 13.1. The lowest BCUT2D eigenvalue weighted by atomic mass is 10.1. The van der Waals surface area contributed by atoms with E-state index in [0.29, 0.717) is 25.3 Å². The highest BCUT2D eigenvalue weighted by atomic mass is 32.3. The van der Waals surface area contributed by atoms with Crippen LogP contribution in [-0.2, 0) is 10.4 Å². The number of hydrogen-bond donors (Lipinski definition) is 0. The molecule has 3 rings (SSSR count). The zero-order valence-corrected chi connectivity index (χ0v) is 13.3. The van der Waals surface area contributed by atoms with Crippen LogP contribution in [0.5, 0.6) is 0 Å². The first kappa shape index (κ1) is 15.8. The highest BCUT2D eigenvalue weighted by molar-refractivity contribution is 7.83. The van der Waals surface area contributed by atoms with Gasteiger partial charge in [0.2, 0.25) is 0 Å². The Hall–Kier alpha value is -2.06. The van der Waals surface area contributed by atoms with E-state index in [0.717, 1.165) is 15.6 Å². The minimum absolute atomic E-state index is 0.112. The van der Waals surface area contributed by atoms with Crippen molar-refractivity contribution in [3.8, 4) is 11.3 Å². The zero-order valence-electron chi connectivity index (χ0n) is 12.5. The Bertz CT molecular complexity index is 753. The Morgan fingerprint density at radius 2 is 1.70 bits per heavy atom. The van der Waals surface area contributed by atoms with Crippen molar-refractivity contribution in [3.05, 3.63) is 42.5 Å². The van der Waals surface area contributed by atoms with Crippen molar-refractivity contribution in [2.24, 2.45) is 0 Å². The molecule has 23 heavy (non-hydrogen) atoms. The molecular weight excluding hydrogens is 319 g/mol. The van der Waals surface area contributed by atoms with Crippen LogP contribution in [0.2, 0.25) is 0 Å². The lowest BCUT2D eigenvalue weighted by molar-refractivity contribution is 0.402. The zero-order chi connectivity index (χ0) is 16.3. The van der Waals surface area contributed by atoms with E-state index >= 15 is 0 Å². The maximum Gasteiger partial charge on any atom is 0.374 e. The van der Waals surface area contributed by atoms with Gasteiger partial charge in [-0.3, -0.25) is 0 Å². The Kier molecular flexibility index (Phi) is 4.53. The molecule has 0 spiro atoms. The van der Waals surface area contributed by atoms with Gasteiger partial charge in [-0.25, -0.2) is 0 Å². The Labute approximate surface area is 134 Å². The molecule has 0 radical (unpaired) electrons. The second-order valence-electron chi connectivity index (χ2n) is 5.32. The van der Waals surface area contributed by atoms with E-state index in [9.17, 15) is 12.3 Å². The molecule has 0 amide bonds. The number of anilines is 1. The van der Waals surface area contributed by atoms with Gasteiger partial charge in [-0.05, 0) is 18.6 Å². The second kappa shape index (κ2) is 6.59. The van der Waals surface area contributed by atoms with Gasteiger partial charge in [0.25, 0.3) is 0 Å². The van der Waals surface area contributed by atoms with Crippen LogP contribution in [0.3, 0.4) is 0 Å². The van der Waals surface area contributed by atoms with Gasteiger partial charge < -0.3 is 4.90 Å². The van der Waals surface area contributed by atoms with E-state index < -0.39 is 10.4 Å². The third kappa shape index (κ3) is 3.83. The van der Waals surface area contributed by atoms with Crippen molar-refractivity contribution in [2.45, 2.75) is 6.42 Å². The Morgan fingerprint density at radius 3 is 2.35 bits per heavy atom. The summed E-state index contributed by atoms with van der Waals surface area (Å²) >= 11 is 0. The van der Waals surface area contributed by atoms with Crippen LogP contribution in [0.4, 0.5) is 9.70 Å². The van der Waals surface area contributed by atoms with E-state index in [4.69, 9.17) is 0 Å². The molecule has 1 fully saturated rings. The minimum Gasteiger partial charge on any atom is -0.354 e. The molecular formula is C15H17FN4O2S. The monoisotopic (exact) mass is 336 g/mol. The molecule has 0 bridgehead atoms. The normalized spacial score (nSPS) is 17.0. The van der Waals surface area contributed by atoms with E-state index in [1.54, 1.807) is 0 Å². The molecule has 0 atom stereocenters. The predicted octanol–water partition coefficient (Wildman–Crippen LogP) is 1.87. The first-order valence-corrected chi connectivity index (χ1v) is 8.72. The summed E-state index contributed by atoms with van der Waals surface area (Å²) in [7, 11) is -4.63. The lowest BCUT2D eigenvalue weighted by Gasteiger charge is -2.20. The third-order valence-corrected chi connectivity index (χ3v) is 4.79. The van der Waals surface area contributed by atoms with Crippen molar-refractivity contribution in [3.63, 3.8) is 0 Å². The van der Waals surface area contributed by atoms with E-state index in [2.05, 4.69) is 10.2 Å². The number of hydrogen-bond acceptors (Lipinski definition) is 5. The molecule has 1 aromatic heterocycles. The van der Waals surface area contributed by atoms with Gasteiger partial charge in [0, 0.05) is 31.7 Å². The largest absolute Gasteiger partial charge is 0.374 e. The molecule has 0 aliphatic carbocycles. The quantitative estimate of drug-likeness (QED) is 0.801. The van der Waals surface area contributed by atoms with Gasteiger partial charge in [-0.2, -0.15) is 12.7 Å². The fourth-order valence-electron chi connectivity index (χ4n) is 2.60. The van der Waals surface area contributed by atoms with Crippen LogP contribution in [-0.4, -0.2) is 49.1 Å². The fourth-order valence-corrected chi connectivity index (χ4v) is 3.24. The van der Waals surface area contributed by atoms with E-state index in [1.165, 1.54) is 0 Å². The summed E-state index contributed by atoms with van der Waals surface area (Å²) in [6.45, 7) is 1.31.